The van der Waals surface area contributed by atoms with Crippen LogP contribution < -0.4 is 10.0 Å². The summed E-state index contributed by atoms with van der Waals surface area (Å²) in [6.07, 6.45) is 1.83. The maximum Gasteiger partial charge on any atom is 0.242 e. The molecular weight excluding hydrogens is 272 g/mol. The lowest BCUT2D eigenvalue weighted by molar-refractivity contribution is 0.493. The van der Waals surface area contributed by atoms with Crippen molar-refractivity contribution in [3.05, 3.63) is 24.3 Å². The number of anilines is 1. The first-order valence-corrected chi connectivity index (χ1v) is 8.75. The van der Waals surface area contributed by atoms with Crippen LogP contribution in [0.3, 0.4) is 0 Å². The highest BCUT2D eigenvalue weighted by Gasteiger charge is 2.19. The van der Waals surface area contributed by atoms with E-state index in [1.807, 2.05) is 19.1 Å². The number of sulfonamides is 1. The SMILES string of the molecule is CCCNS(=O)(=O)c1ccccc1NC(C)C(C)CC. The van der Waals surface area contributed by atoms with Gasteiger partial charge in [-0.05, 0) is 31.4 Å². The Morgan fingerprint density at radius 3 is 2.40 bits per heavy atom. The second kappa shape index (κ2) is 7.64. The Morgan fingerprint density at radius 1 is 1.15 bits per heavy atom. The van der Waals surface area contributed by atoms with Crippen LogP contribution in [-0.4, -0.2) is 21.0 Å². The molecule has 0 fully saturated rings. The van der Waals surface area contributed by atoms with E-state index in [-0.39, 0.29) is 6.04 Å². The normalized spacial score (nSPS) is 14.8. The standard InChI is InChI=1S/C15H26N2O2S/c1-5-11-16-20(18,19)15-10-8-7-9-14(15)17-13(4)12(3)6-2/h7-10,12-13,16-17H,5-6,11H2,1-4H3. The Kier molecular flexibility index (Phi) is 6.49. The molecule has 1 aromatic carbocycles. The van der Waals surface area contributed by atoms with Gasteiger partial charge >= 0.3 is 0 Å². The second-order valence-corrected chi connectivity index (χ2v) is 6.95. The van der Waals surface area contributed by atoms with Gasteiger partial charge in [0.15, 0.2) is 0 Å². The van der Waals surface area contributed by atoms with Gasteiger partial charge in [0.25, 0.3) is 0 Å². The molecule has 0 amide bonds. The minimum atomic E-state index is -3.44. The van der Waals surface area contributed by atoms with E-state index in [0.29, 0.717) is 23.0 Å². The quantitative estimate of drug-likeness (QED) is 0.774. The lowest BCUT2D eigenvalue weighted by Crippen LogP contribution is -2.28. The maximum atomic E-state index is 12.3. The smallest absolute Gasteiger partial charge is 0.242 e. The molecule has 114 valence electrons. The van der Waals surface area contributed by atoms with Crippen LogP contribution in [0.2, 0.25) is 0 Å². The topological polar surface area (TPSA) is 58.2 Å². The highest BCUT2D eigenvalue weighted by atomic mass is 32.2. The molecule has 0 radical (unpaired) electrons. The third kappa shape index (κ3) is 4.49. The summed E-state index contributed by atoms with van der Waals surface area (Å²) in [5.41, 5.74) is 0.670. The number of hydrogen-bond acceptors (Lipinski definition) is 3. The molecule has 0 aliphatic carbocycles. The highest BCUT2D eigenvalue weighted by Crippen LogP contribution is 2.23. The number of benzene rings is 1. The number of para-hydroxylation sites is 1. The van der Waals surface area contributed by atoms with Gasteiger partial charge in [-0.2, -0.15) is 0 Å². The zero-order chi connectivity index (χ0) is 15.2. The lowest BCUT2D eigenvalue weighted by Gasteiger charge is -2.22. The van der Waals surface area contributed by atoms with E-state index >= 15 is 0 Å². The number of nitrogens with one attached hydrogen (secondary N) is 2. The van der Waals surface area contributed by atoms with Crippen LogP contribution in [0.15, 0.2) is 29.2 Å². The predicted octanol–water partition coefficient (Wildman–Crippen LogP) is 3.22. The van der Waals surface area contributed by atoms with Crippen LogP contribution in [-0.2, 0) is 10.0 Å². The molecular formula is C15H26N2O2S. The van der Waals surface area contributed by atoms with E-state index in [4.69, 9.17) is 0 Å². The Morgan fingerprint density at radius 2 is 1.80 bits per heavy atom. The molecule has 5 heteroatoms. The molecule has 0 heterocycles. The molecule has 0 spiro atoms. The minimum Gasteiger partial charge on any atom is -0.381 e. The number of rotatable bonds is 8. The molecule has 4 nitrogen and oxygen atoms in total. The molecule has 1 aromatic rings. The number of hydrogen-bond donors (Lipinski definition) is 2. The maximum absolute atomic E-state index is 12.3. The summed E-state index contributed by atoms with van der Waals surface area (Å²) in [5, 5.41) is 3.32. The van der Waals surface area contributed by atoms with Gasteiger partial charge in [-0.15, -0.1) is 0 Å². The second-order valence-electron chi connectivity index (χ2n) is 5.21. The van der Waals surface area contributed by atoms with Crippen LogP contribution in [0.4, 0.5) is 5.69 Å². The van der Waals surface area contributed by atoms with Crippen molar-refractivity contribution in [1.29, 1.82) is 0 Å². The van der Waals surface area contributed by atoms with Crippen molar-refractivity contribution in [2.24, 2.45) is 5.92 Å². The molecule has 20 heavy (non-hydrogen) atoms. The molecule has 0 saturated carbocycles. The average Bonchev–Trinajstić information content (AvgIpc) is 2.44. The Labute approximate surface area is 123 Å². The van der Waals surface area contributed by atoms with Gasteiger partial charge < -0.3 is 5.32 Å². The van der Waals surface area contributed by atoms with Crippen molar-refractivity contribution in [1.82, 2.24) is 4.72 Å². The van der Waals surface area contributed by atoms with Crippen molar-refractivity contribution < 1.29 is 8.42 Å². The van der Waals surface area contributed by atoms with Crippen LogP contribution in [0.5, 0.6) is 0 Å². The molecule has 2 atom stereocenters. The summed E-state index contributed by atoms with van der Waals surface area (Å²) in [4.78, 5) is 0.323. The molecule has 0 aliphatic rings. The first kappa shape index (κ1) is 17.0. The third-order valence-corrected chi connectivity index (χ3v) is 5.12. The van der Waals surface area contributed by atoms with Crippen LogP contribution in [0.1, 0.15) is 40.5 Å². The Balaban J connectivity index is 2.99. The molecule has 0 aliphatic heterocycles. The average molecular weight is 298 g/mol. The van der Waals surface area contributed by atoms with E-state index in [1.54, 1.807) is 12.1 Å². The van der Waals surface area contributed by atoms with Crippen LogP contribution in [0, 0.1) is 5.92 Å². The summed E-state index contributed by atoms with van der Waals surface area (Å²) in [6.45, 7) is 8.77. The zero-order valence-electron chi connectivity index (χ0n) is 12.8. The molecule has 2 N–H and O–H groups in total. The lowest BCUT2D eigenvalue weighted by atomic mass is 10.0. The Hall–Kier alpha value is -1.07. The van der Waals surface area contributed by atoms with E-state index < -0.39 is 10.0 Å². The zero-order valence-corrected chi connectivity index (χ0v) is 13.6. The predicted molar refractivity (Wildman–Crippen MR) is 84.5 cm³/mol. The minimum absolute atomic E-state index is 0.225. The summed E-state index contributed by atoms with van der Waals surface area (Å²) in [5.74, 6) is 0.481. The van der Waals surface area contributed by atoms with E-state index in [1.165, 1.54) is 0 Å². The van der Waals surface area contributed by atoms with Crippen molar-refractivity contribution in [2.45, 2.75) is 51.5 Å². The van der Waals surface area contributed by atoms with Crippen molar-refractivity contribution >= 4 is 15.7 Å². The van der Waals surface area contributed by atoms with Crippen molar-refractivity contribution in [3.63, 3.8) is 0 Å². The highest BCUT2D eigenvalue weighted by molar-refractivity contribution is 7.89. The molecule has 0 bridgehead atoms. The summed E-state index contributed by atoms with van der Waals surface area (Å²) in [7, 11) is -3.44. The van der Waals surface area contributed by atoms with Gasteiger partial charge in [-0.1, -0.05) is 39.3 Å². The van der Waals surface area contributed by atoms with Gasteiger partial charge in [0.2, 0.25) is 10.0 Å². The van der Waals surface area contributed by atoms with Gasteiger partial charge in [0.05, 0.1) is 5.69 Å². The largest absolute Gasteiger partial charge is 0.381 e. The monoisotopic (exact) mass is 298 g/mol. The molecule has 0 aromatic heterocycles. The first-order chi connectivity index (χ1) is 9.42. The van der Waals surface area contributed by atoms with E-state index in [2.05, 4.69) is 30.8 Å². The molecule has 2 unspecified atom stereocenters. The summed E-state index contributed by atoms with van der Waals surface area (Å²) >= 11 is 0. The third-order valence-electron chi connectivity index (χ3n) is 3.60. The van der Waals surface area contributed by atoms with Gasteiger partial charge in [-0.25, -0.2) is 13.1 Å². The summed E-state index contributed by atoms with van der Waals surface area (Å²) < 4.78 is 27.2. The Bertz CT molecular complexity index is 514. The van der Waals surface area contributed by atoms with Crippen molar-refractivity contribution in [2.75, 3.05) is 11.9 Å². The van der Waals surface area contributed by atoms with Crippen LogP contribution in [0.25, 0.3) is 0 Å². The van der Waals surface area contributed by atoms with Crippen LogP contribution >= 0.6 is 0 Å². The fourth-order valence-corrected chi connectivity index (χ4v) is 3.18. The molecule has 1 rings (SSSR count). The van der Waals surface area contributed by atoms with Gasteiger partial charge in [-0.3, -0.25) is 0 Å². The molecule has 0 saturated heterocycles. The van der Waals surface area contributed by atoms with E-state index in [9.17, 15) is 8.42 Å². The van der Waals surface area contributed by atoms with Crippen molar-refractivity contribution in [3.8, 4) is 0 Å². The van der Waals surface area contributed by atoms with Gasteiger partial charge in [0.1, 0.15) is 4.90 Å². The summed E-state index contributed by atoms with van der Waals surface area (Å²) in [6, 6.07) is 7.29. The van der Waals surface area contributed by atoms with Gasteiger partial charge in [0, 0.05) is 12.6 Å². The first-order valence-electron chi connectivity index (χ1n) is 7.27. The van der Waals surface area contributed by atoms with E-state index in [0.717, 1.165) is 12.8 Å². The fourth-order valence-electron chi connectivity index (χ4n) is 1.88. The fraction of sp³-hybridized carbons (Fsp3) is 0.600.